The van der Waals surface area contributed by atoms with E-state index in [0.29, 0.717) is 0 Å². The van der Waals surface area contributed by atoms with Crippen molar-refractivity contribution >= 4 is 62.0 Å². The number of halogens is 2. The van der Waals surface area contributed by atoms with Crippen molar-refractivity contribution in [3.05, 3.63) is 80.0 Å². The van der Waals surface area contributed by atoms with Crippen LogP contribution in [-0.4, -0.2) is 11.2 Å². The minimum atomic E-state index is 0.737. The Morgan fingerprint density at radius 2 is 1.89 bits per heavy atom. The van der Waals surface area contributed by atoms with E-state index in [4.69, 9.17) is 16.6 Å². The predicted octanol–water partition coefficient (Wildman–Crippen LogP) is 8.27. The lowest BCUT2D eigenvalue weighted by Crippen LogP contribution is -1.89. The van der Waals surface area contributed by atoms with Gasteiger partial charge in [-0.2, -0.15) is 0 Å². The summed E-state index contributed by atoms with van der Waals surface area (Å²) in [5.41, 5.74) is 3.29. The average Bonchev–Trinajstić information content (AvgIpc) is 3.29. The Morgan fingerprint density at radius 1 is 1.11 bits per heavy atom. The van der Waals surface area contributed by atoms with E-state index in [-0.39, 0.29) is 0 Å². The van der Waals surface area contributed by atoms with Crippen molar-refractivity contribution in [1.29, 1.82) is 0 Å². The Balaban J connectivity index is 1.80. The summed E-state index contributed by atoms with van der Waals surface area (Å²) in [6.45, 7) is 0. The van der Waals surface area contributed by atoms with E-state index >= 15 is 0 Å². The third kappa shape index (κ3) is 4.33. The van der Waals surface area contributed by atoms with Crippen molar-refractivity contribution in [2.45, 2.75) is 11.3 Å². The van der Waals surface area contributed by atoms with Crippen LogP contribution in [0.15, 0.2) is 69.3 Å². The van der Waals surface area contributed by atoms with E-state index in [9.17, 15) is 0 Å². The van der Waals surface area contributed by atoms with Crippen LogP contribution in [0, 0.1) is 0 Å². The number of aromatic nitrogens is 1. The summed E-state index contributed by atoms with van der Waals surface area (Å²) in [5.74, 6) is 0. The number of rotatable bonds is 5. The minimum absolute atomic E-state index is 0.737. The summed E-state index contributed by atoms with van der Waals surface area (Å²) in [5, 5.41) is 3.82. The van der Waals surface area contributed by atoms with E-state index in [1.165, 1.54) is 20.2 Å². The molecular weight excluding hydrogens is 478 g/mol. The first-order chi connectivity index (χ1) is 13.1. The van der Waals surface area contributed by atoms with Gasteiger partial charge in [0.15, 0.2) is 0 Å². The zero-order valence-electron chi connectivity index (χ0n) is 14.4. The molecule has 0 N–H and O–H groups in total. The summed E-state index contributed by atoms with van der Waals surface area (Å²) >= 11 is 15.2. The van der Waals surface area contributed by atoms with E-state index < -0.39 is 0 Å². The van der Waals surface area contributed by atoms with Gasteiger partial charge < -0.3 is 0 Å². The van der Waals surface area contributed by atoms with Crippen LogP contribution in [0.5, 0.6) is 0 Å². The van der Waals surface area contributed by atoms with Gasteiger partial charge in [0.05, 0.1) is 15.6 Å². The Morgan fingerprint density at radius 3 is 2.56 bits per heavy atom. The molecule has 1 nitrogen and oxygen atoms in total. The molecule has 0 unspecified atom stereocenters. The van der Waals surface area contributed by atoms with Gasteiger partial charge in [0.1, 0.15) is 5.01 Å². The van der Waals surface area contributed by atoms with E-state index in [2.05, 4.69) is 57.9 Å². The fourth-order valence-corrected chi connectivity index (χ4v) is 6.07. The van der Waals surface area contributed by atoms with Gasteiger partial charge in [-0.25, -0.2) is 4.98 Å². The lowest BCUT2D eigenvalue weighted by atomic mass is 10.1. The normalized spacial score (nSPS) is 11.1. The first-order valence-electron chi connectivity index (χ1n) is 8.26. The first kappa shape index (κ1) is 19.2. The van der Waals surface area contributed by atoms with Crippen molar-refractivity contribution in [1.82, 2.24) is 4.98 Å². The number of nitrogens with zero attached hydrogens (tertiary/aromatic N) is 1. The van der Waals surface area contributed by atoms with Crippen molar-refractivity contribution in [3.63, 3.8) is 0 Å². The molecule has 0 spiro atoms. The topological polar surface area (TPSA) is 12.9 Å². The molecule has 27 heavy (non-hydrogen) atoms. The molecule has 0 saturated carbocycles. The number of benzene rings is 2. The molecule has 0 amide bonds. The quantitative estimate of drug-likeness (QED) is 0.260. The number of thiazole rings is 1. The fraction of sp³-hybridized carbons (Fsp3) is 0.0952. The SMILES string of the molecule is CSc1ccc(-c2sc(-c3ccccc3Cl)nc2Cc2cc(Br)cs2)cc1. The van der Waals surface area contributed by atoms with E-state index in [1.807, 2.05) is 24.3 Å². The highest BCUT2D eigenvalue weighted by Gasteiger charge is 2.17. The van der Waals surface area contributed by atoms with Crippen LogP contribution < -0.4 is 0 Å². The van der Waals surface area contributed by atoms with E-state index in [1.54, 1.807) is 34.4 Å². The third-order valence-electron chi connectivity index (χ3n) is 4.12. The molecule has 2 aromatic heterocycles. The Hall–Kier alpha value is -1.11. The van der Waals surface area contributed by atoms with Crippen LogP contribution >= 0.6 is 62.0 Å². The monoisotopic (exact) mass is 491 g/mol. The molecule has 6 heteroatoms. The zero-order valence-corrected chi connectivity index (χ0v) is 19.2. The van der Waals surface area contributed by atoms with Crippen molar-refractivity contribution < 1.29 is 0 Å². The smallest absolute Gasteiger partial charge is 0.125 e. The second kappa shape index (κ2) is 8.50. The molecule has 0 aliphatic heterocycles. The molecule has 0 bridgehead atoms. The molecule has 2 aromatic carbocycles. The second-order valence-electron chi connectivity index (χ2n) is 5.91. The predicted molar refractivity (Wildman–Crippen MR) is 125 cm³/mol. The highest BCUT2D eigenvalue weighted by molar-refractivity contribution is 9.10. The summed E-state index contributed by atoms with van der Waals surface area (Å²) in [6.07, 6.45) is 2.91. The standard InChI is InChI=1S/C21H15BrClNS3/c1-25-15-8-6-13(7-9-15)20-19(11-16-10-14(22)12-26-16)24-21(27-20)17-4-2-3-5-18(17)23/h2-10,12H,11H2,1H3. The van der Waals surface area contributed by atoms with Crippen molar-refractivity contribution in [2.75, 3.05) is 6.26 Å². The highest BCUT2D eigenvalue weighted by atomic mass is 79.9. The van der Waals surface area contributed by atoms with E-state index in [0.717, 1.165) is 32.2 Å². The minimum Gasteiger partial charge on any atom is -0.240 e. The molecular formula is C21H15BrClNS3. The molecule has 4 rings (SSSR count). The first-order valence-corrected chi connectivity index (χ1v) is 12.3. The molecule has 0 aliphatic carbocycles. The van der Waals surface area contributed by atoms with Crippen LogP contribution in [-0.2, 0) is 6.42 Å². The molecule has 4 aromatic rings. The van der Waals surface area contributed by atoms with Crippen LogP contribution in [0.3, 0.4) is 0 Å². The number of thioether (sulfide) groups is 1. The number of thiophene rings is 1. The average molecular weight is 493 g/mol. The van der Waals surface area contributed by atoms with Gasteiger partial charge in [-0.3, -0.25) is 0 Å². The van der Waals surface area contributed by atoms with Gasteiger partial charge in [-0.05, 0) is 52.0 Å². The highest BCUT2D eigenvalue weighted by Crippen LogP contribution is 2.39. The molecule has 2 heterocycles. The van der Waals surface area contributed by atoms with Crippen molar-refractivity contribution in [2.24, 2.45) is 0 Å². The molecule has 0 radical (unpaired) electrons. The van der Waals surface area contributed by atoms with Crippen LogP contribution in [0.1, 0.15) is 10.6 Å². The third-order valence-corrected chi connectivity index (χ3v) is 8.07. The van der Waals surface area contributed by atoms with Gasteiger partial charge >= 0.3 is 0 Å². The Kier molecular flexibility index (Phi) is 6.05. The van der Waals surface area contributed by atoms with Crippen LogP contribution in [0.4, 0.5) is 0 Å². The van der Waals surface area contributed by atoms with Gasteiger partial charge in [-0.1, -0.05) is 41.9 Å². The maximum absolute atomic E-state index is 6.43. The van der Waals surface area contributed by atoms with Crippen LogP contribution in [0.25, 0.3) is 21.0 Å². The van der Waals surface area contributed by atoms with Gasteiger partial charge in [0.2, 0.25) is 0 Å². The lowest BCUT2D eigenvalue weighted by Gasteiger charge is -2.03. The van der Waals surface area contributed by atoms with Gasteiger partial charge in [0.25, 0.3) is 0 Å². The maximum Gasteiger partial charge on any atom is 0.125 e. The summed E-state index contributed by atoms with van der Waals surface area (Å²) in [7, 11) is 0. The van der Waals surface area contributed by atoms with Gasteiger partial charge in [0, 0.05) is 31.6 Å². The Labute approximate surface area is 184 Å². The maximum atomic E-state index is 6.43. The molecule has 136 valence electrons. The summed E-state index contributed by atoms with van der Waals surface area (Å²) < 4.78 is 1.12. The van der Waals surface area contributed by atoms with Crippen molar-refractivity contribution in [3.8, 4) is 21.0 Å². The molecule has 0 fully saturated rings. The summed E-state index contributed by atoms with van der Waals surface area (Å²) in [4.78, 5) is 8.75. The fourth-order valence-electron chi connectivity index (χ4n) is 2.80. The summed E-state index contributed by atoms with van der Waals surface area (Å²) in [6, 6.07) is 18.8. The van der Waals surface area contributed by atoms with Gasteiger partial charge in [-0.15, -0.1) is 34.4 Å². The Bertz CT molecular complexity index is 1070. The lowest BCUT2D eigenvalue weighted by molar-refractivity contribution is 1.14. The molecule has 0 aliphatic rings. The number of hydrogen-bond acceptors (Lipinski definition) is 4. The molecule has 0 atom stereocenters. The largest absolute Gasteiger partial charge is 0.240 e. The number of hydrogen-bond donors (Lipinski definition) is 0. The van der Waals surface area contributed by atoms with Crippen LogP contribution in [0.2, 0.25) is 5.02 Å². The molecule has 0 saturated heterocycles. The second-order valence-corrected chi connectivity index (χ2v) is 10.1. The zero-order chi connectivity index (χ0) is 18.8.